The second kappa shape index (κ2) is 12.4. The maximum atomic E-state index is 14.2. The molecule has 4 aliphatic rings. The molecule has 0 radical (unpaired) electrons. The fourth-order valence-electron chi connectivity index (χ4n) is 7.76. The topological polar surface area (TPSA) is 171 Å². The number of nitrogens with zero attached hydrogens (tertiary/aromatic N) is 1. The number of sulfone groups is 1. The highest BCUT2D eigenvalue weighted by molar-refractivity contribution is 7.92. The number of carbonyl (C=O) groups excluding carboxylic acids is 5. The first-order valence-electron chi connectivity index (χ1n) is 15.8. The fraction of sp³-hybridized carbons (Fsp3) is 0.774. The summed E-state index contributed by atoms with van der Waals surface area (Å²) in [5.74, 6) is -2.53. The van der Waals surface area contributed by atoms with Crippen LogP contribution in [0, 0.1) is 22.7 Å². The third-order valence-corrected chi connectivity index (χ3v) is 12.7. The van der Waals surface area contributed by atoms with Gasteiger partial charge in [0.15, 0.2) is 9.84 Å². The Balaban J connectivity index is 1.50. The van der Waals surface area contributed by atoms with Crippen molar-refractivity contribution in [2.24, 2.45) is 22.7 Å². The van der Waals surface area contributed by atoms with Gasteiger partial charge in [0, 0.05) is 13.1 Å². The average molecular weight is 636 g/mol. The Morgan fingerprint density at radius 2 is 1.68 bits per heavy atom. The standard InChI is InChI=1S/C31H49N5O7S/c1-7-15-32-25(38)20(37)17-33-26(39)23-22-19(30(22,5)6)18-36(23)27(40)24(29(2,3)4)34-28(41)35-31(13-9-8-10-14-31)21-12-11-16-44(21,42)43/h7,19,21-24H,1,8-18H2,2-6H3,(H,32,38)(H,33,39)(H2,34,35,41)/t19?,21-,22?,23?,24+/m0/s1. The van der Waals surface area contributed by atoms with Gasteiger partial charge in [0.1, 0.15) is 12.1 Å². The Kier molecular flexibility index (Phi) is 9.59. The number of ketones is 1. The normalized spacial score (nSPS) is 28.6. The molecule has 12 nitrogen and oxygen atoms in total. The van der Waals surface area contributed by atoms with Crippen molar-refractivity contribution in [2.75, 3.05) is 25.4 Å². The Labute approximate surface area is 260 Å². The molecule has 0 spiro atoms. The molecule has 13 heteroatoms. The molecule has 0 aromatic rings. The molecule has 4 rings (SSSR count). The van der Waals surface area contributed by atoms with E-state index in [1.165, 1.54) is 11.0 Å². The number of nitrogens with one attached hydrogen (secondary N) is 4. The summed E-state index contributed by atoms with van der Waals surface area (Å²) < 4.78 is 25.9. The summed E-state index contributed by atoms with van der Waals surface area (Å²) in [5.41, 5.74) is -1.81. The highest BCUT2D eigenvalue weighted by Gasteiger charge is 2.69. The lowest BCUT2D eigenvalue weighted by atomic mass is 9.78. The predicted molar refractivity (Wildman–Crippen MR) is 165 cm³/mol. The molecule has 2 aliphatic carbocycles. The van der Waals surface area contributed by atoms with Crippen LogP contribution in [0.15, 0.2) is 12.7 Å². The summed E-state index contributed by atoms with van der Waals surface area (Å²) in [5, 5.41) is 10.2. The first-order valence-corrected chi connectivity index (χ1v) is 17.5. The van der Waals surface area contributed by atoms with E-state index in [9.17, 15) is 32.4 Å². The maximum absolute atomic E-state index is 14.2. The number of piperidine rings is 1. The third kappa shape index (κ3) is 6.67. The second-order valence-electron chi connectivity index (χ2n) is 14.6. The van der Waals surface area contributed by atoms with E-state index in [1.54, 1.807) is 0 Å². The van der Waals surface area contributed by atoms with Crippen LogP contribution in [0.5, 0.6) is 0 Å². The minimum atomic E-state index is -3.34. The quantitative estimate of drug-likeness (QED) is 0.208. The zero-order valence-electron chi connectivity index (χ0n) is 26.7. The molecule has 0 bridgehead atoms. The SMILES string of the molecule is C=CCNC(=O)C(=O)CNC(=O)C1C2C(CN1C(=O)[C@@H](NC(=O)NC1([C@@H]3CCCS3(=O)=O)CCCCC1)C(C)(C)C)C2(C)C. The molecular weight excluding hydrogens is 586 g/mol. The Hall–Kier alpha value is -2.96. The summed E-state index contributed by atoms with van der Waals surface area (Å²) in [6.45, 7) is 13.0. The lowest BCUT2D eigenvalue weighted by Gasteiger charge is -2.43. The Morgan fingerprint density at radius 3 is 2.25 bits per heavy atom. The number of hydrogen-bond acceptors (Lipinski definition) is 7. The molecule has 44 heavy (non-hydrogen) atoms. The van der Waals surface area contributed by atoms with Crippen molar-refractivity contribution in [3.8, 4) is 0 Å². The van der Waals surface area contributed by atoms with Gasteiger partial charge in [-0.1, -0.05) is 60.0 Å². The first-order chi connectivity index (χ1) is 20.5. The van der Waals surface area contributed by atoms with E-state index in [1.807, 2.05) is 34.6 Å². The van der Waals surface area contributed by atoms with Gasteiger partial charge in [-0.15, -0.1) is 6.58 Å². The summed E-state index contributed by atoms with van der Waals surface area (Å²) in [6.07, 6.45) is 6.25. The number of urea groups is 1. The van der Waals surface area contributed by atoms with E-state index in [0.717, 1.165) is 19.3 Å². The molecule has 2 aliphatic heterocycles. The summed E-state index contributed by atoms with van der Waals surface area (Å²) in [4.78, 5) is 67.0. The molecule has 0 aromatic carbocycles. The van der Waals surface area contributed by atoms with E-state index in [0.29, 0.717) is 32.2 Å². The van der Waals surface area contributed by atoms with E-state index < -0.39 is 74.2 Å². The minimum absolute atomic E-state index is 0.0707. The molecule has 246 valence electrons. The molecule has 3 unspecified atom stereocenters. The van der Waals surface area contributed by atoms with Crippen LogP contribution in [0.3, 0.4) is 0 Å². The molecule has 4 N–H and O–H groups in total. The van der Waals surface area contributed by atoms with Crippen molar-refractivity contribution < 1.29 is 32.4 Å². The molecule has 5 atom stereocenters. The van der Waals surface area contributed by atoms with Gasteiger partial charge in [0.2, 0.25) is 17.6 Å². The number of fused-ring (bicyclic) bond motifs is 1. The van der Waals surface area contributed by atoms with Gasteiger partial charge in [-0.25, -0.2) is 13.2 Å². The van der Waals surface area contributed by atoms with Crippen molar-refractivity contribution in [1.29, 1.82) is 0 Å². The molecule has 2 saturated heterocycles. The number of Topliss-reactive ketones (excluding diaryl/α,β-unsaturated/α-hetero) is 1. The molecule has 2 heterocycles. The van der Waals surface area contributed by atoms with Gasteiger partial charge < -0.3 is 26.2 Å². The molecule has 5 amide bonds. The van der Waals surface area contributed by atoms with E-state index in [4.69, 9.17) is 0 Å². The van der Waals surface area contributed by atoms with E-state index >= 15 is 0 Å². The molecule has 0 aromatic heterocycles. The first kappa shape index (κ1) is 33.9. The molecular formula is C31H49N5O7S. The van der Waals surface area contributed by atoms with Gasteiger partial charge in [0.05, 0.1) is 23.1 Å². The van der Waals surface area contributed by atoms with Crippen LogP contribution in [0.1, 0.15) is 79.6 Å². The second-order valence-corrected chi connectivity index (χ2v) is 16.9. The highest BCUT2D eigenvalue weighted by Crippen LogP contribution is 2.65. The fourth-order valence-corrected chi connectivity index (χ4v) is 10.1. The van der Waals surface area contributed by atoms with Crippen LogP contribution >= 0.6 is 0 Å². The number of carbonyl (C=O) groups is 5. The highest BCUT2D eigenvalue weighted by atomic mass is 32.2. The number of hydrogen-bond donors (Lipinski definition) is 4. The number of amides is 5. The number of likely N-dealkylation sites (tertiary alicyclic amines) is 1. The maximum Gasteiger partial charge on any atom is 0.315 e. The average Bonchev–Trinajstić information content (AvgIpc) is 3.27. The van der Waals surface area contributed by atoms with Crippen molar-refractivity contribution in [2.45, 2.75) is 102 Å². The third-order valence-electron chi connectivity index (χ3n) is 10.3. The van der Waals surface area contributed by atoms with Crippen molar-refractivity contribution in [3.05, 3.63) is 12.7 Å². The van der Waals surface area contributed by atoms with Crippen LogP contribution in [0.2, 0.25) is 0 Å². The minimum Gasteiger partial charge on any atom is -0.347 e. The molecule has 4 fully saturated rings. The Morgan fingerprint density at radius 1 is 1.02 bits per heavy atom. The van der Waals surface area contributed by atoms with Crippen LogP contribution in [-0.2, 0) is 29.0 Å². The smallest absolute Gasteiger partial charge is 0.315 e. The van der Waals surface area contributed by atoms with Crippen LogP contribution in [-0.4, -0.2) is 91.1 Å². The summed E-state index contributed by atoms with van der Waals surface area (Å²) in [6, 6.07) is -2.47. The van der Waals surface area contributed by atoms with Crippen LogP contribution < -0.4 is 21.3 Å². The predicted octanol–water partition coefficient (Wildman–Crippen LogP) is 1.45. The lowest BCUT2D eigenvalue weighted by molar-refractivity contribution is -0.144. The van der Waals surface area contributed by atoms with Crippen molar-refractivity contribution >= 4 is 39.4 Å². The summed E-state index contributed by atoms with van der Waals surface area (Å²) in [7, 11) is -3.34. The monoisotopic (exact) mass is 635 g/mol. The molecule has 2 saturated carbocycles. The van der Waals surface area contributed by atoms with Gasteiger partial charge in [0.25, 0.3) is 5.91 Å². The van der Waals surface area contributed by atoms with E-state index in [-0.39, 0.29) is 29.5 Å². The zero-order chi connectivity index (χ0) is 32.7. The van der Waals surface area contributed by atoms with Gasteiger partial charge in [-0.3, -0.25) is 19.2 Å². The summed E-state index contributed by atoms with van der Waals surface area (Å²) >= 11 is 0. The van der Waals surface area contributed by atoms with Crippen molar-refractivity contribution in [3.63, 3.8) is 0 Å². The van der Waals surface area contributed by atoms with Gasteiger partial charge in [-0.2, -0.15) is 0 Å². The van der Waals surface area contributed by atoms with E-state index in [2.05, 4.69) is 27.8 Å². The Bertz CT molecular complexity index is 1300. The van der Waals surface area contributed by atoms with Crippen LogP contribution in [0.25, 0.3) is 0 Å². The van der Waals surface area contributed by atoms with Crippen molar-refractivity contribution in [1.82, 2.24) is 26.2 Å². The van der Waals surface area contributed by atoms with Gasteiger partial charge >= 0.3 is 6.03 Å². The largest absolute Gasteiger partial charge is 0.347 e. The zero-order valence-corrected chi connectivity index (χ0v) is 27.5. The number of rotatable bonds is 10. The van der Waals surface area contributed by atoms with Gasteiger partial charge in [-0.05, 0) is 48.3 Å². The lowest BCUT2D eigenvalue weighted by Crippen LogP contribution is -2.65. The van der Waals surface area contributed by atoms with Crippen LogP contribution in [0.4, 0.5) is 4.79 Å².